The fourth-order valence-corrected chi connectivity index (χ4v) is 3.03. The monoisotopic (exact) mass is 328 g/mol. The van der Waals surface area contributed by atoms with Gasteiger partial charge in [-0.15, -0.1) is 0 Å². The molecule has 0 aliphatic carbocycles. The molecule has 0 heterocycles. The van der Waals surface area contributed by atoms with Crippen molar-refractivity contribution in [1.29, 1.82) is 0 Å². The Kier molecular flexibility index (Phi) is 5.71. The number of nitrogens with one attached hydrogen (secondary N) is 2. The molecule has 0 fully saturated rings. The maximum absolute atomic E-state index is 13.7. The third kappa shape index (κ3) is 5.25. The zero-order chi connectivity index (χ0) is 16.3. The highest BCUT2D eigenvalue weighted by Gasteiger charge is 2.28. The van der Waals surface area contributed by atoms with Crippen LogP contribution < -0.4 is 10.0 Å². The second-order valence-electron chi connectivity index (χ2n) is 4.49. The summed E-state index contributed by atoms with van der Waals surface area (Å²) in [6.45, 7) is 0.711. The van der Waals surface area contributed by atoms with Gasteiger partial charge in [-0.05, 0) is 31.7 Å². The lowest BCUT2D eigenvalue weighted by Gasteiger charge is -2.13. The number of alkyl halides is 3. The minimum Gasteiger partial charge on any atom is -0.316 e. The van der Waals surface area contributed by atoms with Crippen LogP contribution in [0.15, 0.2) is 17.0 Å². The first kappa shape index (κ1) is 17.9. The molecule has 1 aromatic rings. The Labute approximate surface area is 120 Å². The Morgan fingerprint density at radius 3 is 2.38 bits per heavy atom. The Hall–Kier alpha value is -1.19. The molecule has 0 aliphatic rings. The van der Waals surface area contributed by atoms with Crippen LogP contribution in [0.1, 0.15) is 17.5 Å². The molecule has 9 heteroatoms. The average Bonchev–Trinajstić information content (AvgIpc) is 2.31. The van der Waals surface area contributed by atoms with Crippen molar-refractivity contribution in [2.75, 3.05) is 13.6 Å². The molecular formula is C12H16F4N2O2S. The molecule has 2 N–H and O–H groups in total. The van der Waals surface area contributed by atoms with Crippen molar-refractivity contribution in [2.45, 2.75) is 31.0 Å². The second-order valence-corrected chi connectivity index (χ2v) is 6.23. The highest BCUT2D eigenvalue weighted by atomic mass is 32.2. The van der Waals surface area contributed by atoms with Gasteiger partial charge >= 0.3 is 6.18 Å². The predicted molar refractivity (Wildman–Crippen MR) is 69.8 cm³/mol. The van der Waals surface area contributed by atoms with Crippen LogP contribution in [0, 0.1) is 12.7 Å². The van der Waals surface area contributed by atoms with Crippen molar-refractivity contribution in [2.24, 2.45) is 0 Å². The van der Waals surface area contributed by atoms with Gasteiger partial charge < -0.3 is 5.32 Å². The molecule has 0 atom stereocenters. The molecule has 0 amide bonds. The van der Waals surface area contributed by atoms with E-state index >= 15 is 0 Å². The first-order chi connectivity index (χ1) is 9.57. The molecule has 1 aromatic carbocycles. The number of hydrogen-bond acceptors (Lipinski definition) is 3. The highest BCUT2D eigenvalue weighted by Crippen LogP contribution is 2.22. The topological polar surface area (TPSA) is 58.2 Å². The Balaban J connectivity index is 3.02. The minimum absolute atomic E-state index is 0.130. The molecule has 21 heavy (non-hydrogen) atoms. The zero-order valence-corrected chi connectivity index (χ0v) is 12.3. The van der Waals surface area contributed by atoms with Crippen molar-refractivity contribution >= 4 is 10.0 Å². The summed E-state index contributed by atoms with van der Waals surface area (Å²) in [7, 11) is -2.59. The summed E-state index contributed by atoms with van der Waals surface area (Å²) in [4.78, 5) is -0.352. The molecule has 0 aliphatic heterocycles. The number of rotatable bonds is 6. The van der Waals surface area contributed by atoms with Crippen molar-refractivity contribution < 1.29 is 26.0 Å². The number of halogens is 4. The first-order valence-electron chi connectivity index (χ1n) is 6.07. The van der Waals surface area contributed by atoms with Gasteiger partial charge in [0.2, 0.25) is 10.0 Å². The van der Waals surface area contributed by atoms with Gasteiger partial charge in [-0.2, -0.15) is 13.2 Å². The summed E-state index contributed by atoms with van der Waals surface area (Å²) in [5.74, 6) is -0.723. The van der Waals surface area contributed by atoms with Gasteiger partial charge in [0.05, 0.1) is 11.3 Å². The highest BCUT2D eigenvalue weighted by molar-refractivity contribution is 7.89. The quantitative estimate of drug-likeness (QED) is 0.786. The second kappa shape index (κ2) is 6.71. The van der Waals surface area contributed by atoms with Gasteiger partial charge in [0, 0.05) is 18.7 Å². The molecule has 120 valence electrons. The lowest BCUT2D eigenvalue weighted by molar-refractivity contribution is -0.132. The van der Waals surface area contributed by atoms with E-state index in [0.29, 0.717) is 5.56 Å². The molecule has 4 nitrogen and oxygen atoms in total. The predicted octanol–water partition coefficient (Wildman–Crippen LogP) is 2.08. The fraction of sp³-hybridized carbons (Fsp3) is 0.500. The zero-order valence-electron chi connectivity index (χ0n) is 11.5. The third-order valence-electron chi connectivity index (χ3n) is 2.73. The average molecular weight is 328 g/mol. The van der Waals surface area contributed by atoms with Crippen molar-refractivity contribution in [1.82, 2.24) is 10.0 Å². The van der Waals surface area contributed by atoms with Crippen molar-refractivity contribution in [3.05, 3.63) is 29.1 Å². The lowest BCUT2D eigenvalue weighted by Crippen LogP contribution is -2.29. The summed E-state index contributed by atoms with van der Waals surface area (Å²) in [5.41, 5.74) is 0.256. The Morgan fingerprint density at radius 1 is 1.24 bits per heavy atom. The summed E-state index contributed by atoms with van der Waals surface area (Å²) in [5, 5.41) is 2.74. The summed E-state index contributed by atoms with van der Waals surface area (Å²) in [6, 6.07) is 2.42. The van der Waals surface area contributed by atoms with E-state index in [1.807, 2.05) is 4.72 Å². The smallest absolute Gasteiger partial charge is 0.316 e. The van der Waals surface area contributed by atoms with E-state index in [1.54, 1.807) is 7.05 Å². The van der Waals surface area contributed by atoms with Gasteiger partial charge in [-0.3, -0.25) is 0 Å². The maximum Gasteiger partial charge on any atom is 0.390 e. The molecule has 0 radical (unpaired) electrons. The van der Waals surface area contributed by atoms with Crippen LogP contribution in [0.5, 0.6) is 0 Å². The van der Waals surface area contributed by atoms with E-state index in [0.717, 1.165) is 0 Å². The van der Waals surface area contributed by atoms with E-state index in [2.05, 4.69) is 5.32 Å². The molecule has 0 spiro atoms. The number of hydrogen-bond donors (Lipinski definition) is 2. The molecular weight excluding hydrogens is 312 g/mol. The molecule has 0 bridgehead atoms. The van der Waals surface area contributed by atoms with Gasteiger partial charge in [0.1, 0.15) is 5.82 Å². The molecule has 1 rings (SSSR count). The normalized spacial score (nSPS) is 12.7. The SMILES string of the molecule is CNCc1cc(F)c(C)c(S(=O)(=O)NCCC(F)(F)F)c1. The van der Waals surface area contributed by atoms with Gasteiger partial charge in [0.15, 0.2) is 0 Å². The first-order valence-corrected chi connectivity index (χ1v) is 7.55. The Morgan fingerprint density at radius 2 is 1.86 bits per heavy atom. The molecule has 0 saturated heterocycles. The minimum atomic E-state index is -4.46. The van der Waals surface area contributed by atoms with E-state index in [-0.39, 0.29) is 17.0 Å². The standard InChI is InChI=1S/C12H16F4N2O2S/c1-8-10(13)5-9(7-17-2)6-11(8)21(19,20)18-4-3-12(14,15)16/h5-6,17-18H,3-4,7H2,1-2H3. The molecule has 0 unspecified atom stereocenters. The summed E-state index contributed by atoms with van der Waals surface area (Å²) in [6.07, 6.45) is -5.75. The van der Waals surface area contributed by atoms with Crippen LogP contribution in [-0.4, -0.2) is 28.2 Å². The van der Waals surface area contributed by atoms with Crippen LogP contribution in [-0.2, 0) is 16.6 Å². The van der Waals surface area contributed by atoms with E-state index < -0.39 is 35.0 Å². The largest absolute Gasteiger partial charge is 0.390 e. The van der Waals surface area contributed by atoms with Crippen LogP contribution in [0.25, 0.3) is 0 Å². The maximum atomic E-state index is 13.7. The van der Waals surface area contributed by atoms with Gasteiger partial charge in [0.25, 0.3) is 0 Å². The number of benzene rings is 1. The van der Waals surface area contributed by atoms with Gasteiger partial charge in [-0.1, -0.05) is 0 Å². The molecule has 0 aromatic heterocycles. The van der Waals surface area contributed by atoms with Crippen molar-refractivity contribution in [3.63, 3.8) is 0 Å². The van der Waals surface area contributed by atoms with E-state index in [1.165, 1.54) is 19.1 Å². The van der Waals surface area contributed by atoms with Crippen molar-refractivity contribution in [3.8, 4) is 0 Å². The van der Waals surface area contributed by atoms with Crippen LogP contribution in [0.3, 0.4) is 0 Å². The lowest BCUT2D eigenvalue weighted by atomic mass is 10.1. The summed E-state index contributed by atoms with van der Waals surface area (Å²) >= 11 is 0. The van der Waals surface area contributed by atoms with Crippen LogP contribution in [0.2, 0.25) is 0 Å². The Bertz CT molecular complexity index is 600. The van der Waals surface area contributed by atoms with Crippen LogP contribution in [0.4, 0.5) is 17.6 Å². The summed E-state index contributed by atoms with van der Waals surface area (Å²) < 4.78 is 75.6. The van der Waals surface area contributed by atoms with E-state index in [9.17, 15) is 26.0 Å². The fourth-order valence-electron chi connectivity index (χ4n) is 1.70. The van der Waals surface area contributed by atoms with Crippen LogP contribution >= 0.6 is 0 Å². The van der Waals surface area contributed by atoms with E-state index in [4.69, 9.17) is 0 Å². The third-order valence-corrected chi connectivity index (χ3v) is 4.31. The number of sulfonamides is 1. The van der Waals surface area contributed by atoms with Gasteiger partial charge in [-0.25, -0.2) is 17.5 Å². The molecule has 0 saturated carbocycles.